The second-order valence-electron chi connectivity index (χ2n) is 17.2. The lowest BCUT2D eigenvalue weighted by Gasteiger charge is -2.64. The van der Waals surface area contributed by atoms with Crippen molar-refractivity contribution in [1.82, 2.24) is 4.98 Å². The summed E-state index contributed by atoms with van der Waals surface area (Å²) in [6.45, 7) is 12.5. The summed E-state index contributed by atoms with van der Waals surface area (Å²) in [7, 11) is 0. The van der Waals surface area contributed by atoms with Crippen LogP contribution in [0.25, 0.3) is 0 Å². The Balaban J connectivity index is 1.14. The van der Waals surface area contributed by atoms with Crippen molar-refractivity contribution in [2.45, 2.75) is 130 Å². The number of Topliss-reactive ketones (excluding diaryl/α,β-unsaturated/α-hetero) is 1. The van der Waals surface area contributed by atoms with Crippen molar-refractivity contribution in [1.29, 1.82) is 0 Å². The fraction of sp³-hybridized carbons (Fsp3) is 0.651. The first kappa shape index (κ1) is 38.8. The van der Waals surface area contributed by atoms with Gasteiger partial charge in [-0.3, -0.25) is 14.6 Å². The molecule has 0 spiro atoms. The number of hydrogen-bond donors (Lipinski definition) is 5. The van der Waals surface area contributed by atoms with Crippen molar-refractivity contribution < 1.29 is 30.0 Å². The van der Waals surface area contributed by atoms with Crippen molar-refractivity contribution >= 4 is 29.0 Å². The van der Waals surface area contributed by atoms with E-state index in [1.54, 1.807) is 6.92 Å². The minimum Gasteiger partial charge on any atom is -0.481 e. The normalized spacial score (nSPS) is 35.7. The zero-order chi connectivity index (χ0) is 37.7. The fourth-order valence-corrected chi connectivity index (χ4v) is 11.7. The zero-order valence-corrected chi connectivity index (χ0v) is 32.4. The molecule has 1 heterocycles. The van der Waals surface area contributed by atoms with Gasteiger partial charge in [-0.15, -0.1) is 0 Å². The number of aromatic nitrogens is 1. The first-order chi connectivity index (χ1) is 24.5. The first-order valence-electron chi connectivity index (χ1n) is 19.4. The predicted octanol–water partition coefficient (Wildman–Crippen LogP) is 7.60. The summed E-state index contributed by atoms with van der Waals surface area (Å²) in [5, 5.41) is 48.8. The molecule has 6 rings (SSSR count). The maximum absolute atomic E-state index is 12.4. The van der Waals surface area contributed by atoms with Gasteiger partial charge in [0.2, 0.25) is 0 Å². The fourth-order valence-electron chi connectivity index (χ4n) is 11.5. The molecule has 0 radical (unpaired) electrons. The van der Waals surface area contributed by atoms with Gasteiger partial charge in [-0.05, 0) is 142 Å². The van der Waals surface area contributed by atoms with Gasteiger partial charge in [-0.1, -0.05) is 57.2 Å². The maximum Gasteiger partial charge on any atom is 0.303 e. The number of nitrogens with one attached hydrogen (secondary N) is 1. The Morgan fingerprint density at radius 2 is 1.87 bits per heavy atom. The Morgan fingerprint density at radius 3 is 2.54 bits per heavy atom. The number of anilines is 1. The van der Waals surface area contributed by atoms with Gasteiger partial charge >= 0.3 is 5.97 Å². The number of hydrogen-bond acceptors (Lipinski definition) is 7. The monoisotopic (exact) mass is 732 g/mol. The number of halogens is 1. The molecule has 0 amide bonds. The number of carboxylic acid groups (broad SMARTS) is 1. The Labute approximate surface area is 314 Å². The van der Waals surface area contributed by atoms with Gasteiger partial charge in [-0.25, -0.2) is 0 Å². The molecule has 4 aliphatic rings. The van der Waals surface area contributed by atoms with Crippen molar-refractivity contribution in [2.75, 3.05) is 5.32 Å². The third-order valence-electron chi connectivity index (χ3n) is 14.4. The summed E-state index contributed by atoms with van der Waals surface area (Å²) in [6.07, 6.45) is 5.40. The van der Waals surface area contributed by atoms with E-state index in [-0.39, 0.29) is 58.5 Å². The average Bonchev–Trinajstić information content (AvgIpc) is 3.45. The molecule has 282 valence electrons. The number of carbonyl (C=O) groups excluding carboxylic acids is 1. The first-order valence-corrected chi connectivity index (χ1v) is 19.8. The molecular formula is C43H57ClN2O6. The Bertz CT molecular complexity index is 1770. The SMILES string of the molecule is CCc1cc(NCc2ccc(C#C[C@@]3(O)CC[C@@]4(C)C(CC(O)C5C4C[C@H](O)[C@@]4(C)C5CC[C@@H]4[C@H](C)CCC(=O)O)C3)cc2Cl)c(C(C)=O)c(C)n1. The number of benzene rings is 1. The van der Waals surface area contributed by atoms with E-state index in [0.717, 1.165) is 42.6 Å². The highest BCUT2D eigenvalue weighted by Gasteiger charge is 2.66. The molecule has 1 aromatic carbocycles. The van der Waals surface area contributed by atoms with Gasteiger partial charge in [0.05, 0.1) is 23.5 Å². The second-order valence-corrected chi connectivity index (χ2v) is 17.6. The van der Waals surface area contributed by atoms with Crippen molar-refractivity contribution in [3.8, 4) is 11.8 Å². The lowest BCUT2D eigenvalue weighted by Crippen LogP contribution is -2.63. The number of rotatable bonds is 9. The minimum absolute atomic E-state index is 0.0435. The van der Waals surface area contributed by atoms with Gasteiger partial charge in [0, 0.05) is 34.9 Å². The predicted molar refractivity (Wildman–Crippen MR) is 203 cm³/mol. The molecule has 2 aromatic rings. The van der Waals surface area contributed by atoms with Crippen LogP contribution in [0, 0.1) is 65.1 Å². The summed E-state index contributed by atoms with van der Waals surface area (Å²) in [6, 6.07) is 7.56. The number of pyridine rings is 1. The number of carbonyl (C=O) groups is 2. The van der Waals surface area contributed by atoms with Crippen LogP contribution in [0.15, 0.2) is 24.3 Å². The maximum atomic E-state index is 12.4. The van der Waals surface area contributed by atoms with Crippen LogP contribution in [0.5, 0.6) is 0 Å². The zero-order valence-electron chi connectivity index (χ0n) is 31.6. The van der Waals surface area contributed by atoms with Crippen LogP contribution in [0.1, 0.15) is 125 Å². The quantitative estimate of drug-likeness (QED) is 0.131. The van der Waals surface area contributed by atoms with E-state index >= 15 is 0 Å². The Kier molecular flexibility index (Phi) is 11.0. The van der Waals surface area contributed by atoms with E-state index in [2.05, 4.69) is 42.9 Å². The summed E-state index contributed by atoms with van der Waals surface area (Å²) in [4.78, 5) is 28.2. The summed E-state index contributed by atoms with van der Waals surface area (Å²) >= 11 is 6.73. The van der Waals surface area contributed by atoms with Gasteiger partial charge in [-0.2, -0.15) is 0 Å². The van der Waals surface area contributed by atoms with Crippen molar-refractivity contribution in [3.63, 3.8) is 0 Å². The highest BCUT2D eigenvalue weighted by molar-refractivity contribution is 6.31. The standard InChI is InChI=1S/C43H57ClN2O6/c1-7-30-20-35(39(26(4)47)25(3)46-30)45-23-28-10-9-27(18-34(28)44)14-15-43(52)17-16-41(5)29(22-43)19-36(48)40-32-12-11-31(24(2)8-13-38(50)51)42(32,6)37(49)21-33(40)41/h9-10,18,20,24,29,31-33,36-37,40,48-49,52H,7-8,11-13,16-17,19,21-23H2,1-6H3,(H,45,46)(H,50,51)/t24-,29?,31-,32?,33?,36?,37+,40?,41+,42-,43-/m1/s1. The topological polar surface area (TPSA) is 140 Å². The van der Waals surface area contributed by atoms with Crippen molar-refractivity contribution in [2.24, 2.45) is 46.3 Å². The minimum atomic E-state index is -1.19. The smallest absolute Gasteiger partial charge is 0.303 e. The number of aryl methyl sites for hydroxylation is 2. The van der Waals surface area contributed by atoms with E-state index in [4.69, 9.17) is 11.6 Å². The molecule has 4 saturated carbocycles. The number of aliphatic carboxylic acids is 1. The number of ketones is 1. The highest BCUT2D eigenvalue weighted by atomic mass is 35.5. The van der Waals surface area contributed by atoms with Crippen LogP contribution in [0.2, 0.25) is 5.02 Å². The molecule has 4 fully saturated rings. The molecule has 4 aliphatic carbocycles. The van der Waals surface area contributed by atoms with Crippen LogP contribution >= 0.6 is 11.6 Å². The third-order valence-corrected chi connectivity index (χ3v) is 14.7. The molecular weight excluding hydrogens is 676 g/mol. The summed E-state index contributed by atoms with van der Waals surface area (Å²) in [5.74, 6) is 6.49. The lowest BCUT2D eigenvalue weighted by atomic mass is 9.42. The molecule has 8 nitrogen and oxygen atoms in total. The number of carboxylic acids is 1. The molecule has 5 N–H and O–H groups in total. The molecule has 1 aromatic heterocycles. The van der Waals surface area contributed by atoms with E-state index in [1.165, 1.54) is 0 Å². The van der Waals surface area contributed by atoms with Crippen LogP contribution in [-0.2, 0) is 17.8 Å². The Morgan fingerprint density at radius 1 is 1.12 bits per heavy atom. The summed E-state index contributed by atoms with van der Waals surface area (Å²) in [5.41, 5.74) is 2.85. The van der Waals surface area contributed by atoms with Crippen molar-refractivity contribution in [3.05, 3.63) is 57.4 Å². The van der Waals surface area contributed by atoms with E-state index < -0.39 is 23.8 Å². The molecule has 5 unspecified atom stereocenters. The van der Waals surface area contributed by atoms with Crippen LogP contribution in [0.4, 0.5) is 5.69 Å². The van der Waals surface area contributed by atoms with Gasteiger partial charge in [0.15, 0.2) is 5.78 Å². The lowest BCUT2D eigenvalue weighted by molar-refractivity contribution is -0.211. The average molecular weight is 733 g/mol. The van der Waals surface area contributed by atoms with Crippen LogP contribution < -0.4 is 5.32 Å². The number of fused-ring (bicyclic) bond motifs is 5. The Hall–Kier alpha value is -2.96. The number of aliphatic hydroxyl groups excluding tert-OH is 2. The van der Waals surface area contributed by atoms with Gasteiger partial charge in [0.25, 0.3) is 0 Å². The largest absolute Gasteiger partial charge is 0.481 e. The van der Waals surface area contributed by atoms with Gasteiger partial charge < -0.3 is 25.7 Å². The number of aliphatic hydroxyl groups is 3. The molecule has 0 aliphatic heterocycles. The summed E-state index contributed by atoms with van der Waals surface area (Å²) < 4.78 is 0. The van der Waals surface area contributed by atoms with Crippen LogP contribution in [0.3, 0.4) is 0 Å². The molecule has 0 bridgehead atoms. The number of nitrogens with zero attached hydrogens (tertiary/aromatic N) is 1. The second kappa shape index (κ2) is 14.7. The van der Waals surface area contributed by atoms with Crippen LogP contribution in [-0.4, -0.2) is 55.0 Å². The molecule has 0 saturated heterocycles. The van der Waals surface area contributed by atoms with Gasteiger partial charge in [0.1, 0.15) is 5.60 Å². The van der Waals surface area contributed by atoms with E-state index in [0.29, 0.717) is 60.5 Å². The van der Waals surface area contributed by atoms with E-state index in [1.807, 2.05) is 38.1 Å². The highest BCUT2D eigenvalue weighted by Crippen LogP contribution is 2.69. The van der Waals surface area contributed by atoms with E-state index in [9.17, 15) is 30.0 Å². The molecule has 52 heavy (non-hydrogen) atoms. The molecule has 11 atom stereocenters. The third kappa shape index (κ3) is 7.04. The molecule has 9 heteroatoms.